The number of rotatable bonds is 2. The molecule has 0 fully saturated rings. The summed E-state index contributed by atoms with van der Waals surface area (Å²) in [6.45, 7) is 2.08. The third-order valence-corrected chi connectivity index (χ3v) is 4.49. The molecule has 26 heavy (non-hydrogen) atoms. The Morgan fingerprint density at radius 3 is 2.62 bits per heavy atom. The Kier molecular flexibility index (Phi) is 3.39. The highest BCUT2D eigenvalue weighted by Crippen LogP contribution is 2.10. The van der Waals surface area contributed by atoms with Crippen molar-refractivity contribution in [2.75, 3.05) is 0 Å². The first kappa shape index (κ1) is 16.0. The summed E-state index contributed by atoms with van der Waals surface area (Å²) < 4.78 is 5.44. The van der Waals surface area contributed by atoms with E-state index in [1.807, 2.05) is 13.0 Å². The van der Waals surface area contributed by atoms with Gasteiger partial charge in [-0.3, -0.25) is 23.1 Å². The van der Waals surface area contributed by atoms with Gasteiger partial charge in [-0.2, -0.15) is 0 Å². The number of aryl methyl sites for hydroxylation is 2. The molecular formula is C17H16N6O3. The van der Waals surface area contributed by atoms with Crippen LogP contribution in [-0.4, -0.2) is 28.1 Å². The molecule has 4 aromatic heterocycles. The van der Waals surface area contributed by atoms with Crippen molar-refractivity contribution >= 4 is 16.8 Å². The SMILES string of the molecule is Cc1cccn2c(=O)cc(Cn3cnc4c3c(=O)n(C)c(=O)n4C)nc12. The zero-order valence-corrected chi connectivity index (χ0v) is 14.5. The molecular weight excluding hydrogens is 336 g/mol. The Hall–Kier alpha value is -3.49. The smallest absolute Gasteiger partial charge is 0.319 e. The minimum Gasteiger partial charge on any atom is -0.319 e. The molecule has 0 bridgehead atoms. The zero-order valence-electron chi connectivity index (χ0n) is 14.5. The predicted molar refractivity (Wildman–Crippen MR) is 95.5 cm³/mol. The van der Waals surface area contributed by atoms with Gasteiger partial charge in [-0.15, -0.1) is 0 Å². The van der Waals surface area contributed by atoms with Gasteiger partial charge in [0.1, 0.15) is 5.65 Å². The maximum atomic E-state index is 12.5. The first-order chi connectivity index (χ1) is 12.4. The topological polar surface area (TPSA) is 96.2 Å². The Bertz CT molecular complexity index is 1360. The third-order valence-electron chi connectivity index (χ3n) is 4.49. The molecule has 0 aliphatic rings. The van der Waals surface area contributed by atoms with E-state index in [4.69, 9.17) is 0 Å². The number of imidazole rings is 1. The molecule has 0 aliphatic heterocycles. The molecule has 4 heterocycles. The molecule has 0 N–H and O–H groups in total. The van der Waals surface area contributed by atoms with E-state index < -0.39 is 11.2 Å². The lowest BCUT2D eigenvalue weighted by molar-refractivity contribution is 0.701. The van der Waals surface area contributed by atoms with E-state index in [1.165, 1.54) is 28.4 Å². The number of aromatic nitrogens is 6. The lowest BCUT2D eigenvalue weighted by Gasteiger charge is -2.08. The van der Waals surface area contributed by atoms with Crippen LogP contribution in [0.2, 0.25) is 0 Å². The molecule has 0 aliphatic carbocycles. The van der Waals surface area contributed by atoms with E-state index in [0.717, 1.165) is 10.1 Å². The number of fused-ring (bicyclic) bond motifs is 2. The molecule has 0 saturated heterocycles. The van der Waals surface area contributed by atoms with Crippen molar-refractivity contribution in [3.63, 3.8) is 0 Å². The second kappa shape index (κ2) is 5.51. The predicted octanol–water partition coefficient (Wildman–Crippen LogP) is -0.202. The average Bonchev–Trinajstić information content (AvgIpc) is 3.03. The lowest BCUT2D eigenvalue weighted by atomic mass is 10.3. The van der Waals surface area contributed by atoms with E-state index in [2.05, 4.69) is 9.97 Å². The van der Waals surface area contributed by atoms with Gasteiger partial charge in [0, 0.05) is 26.4 Å². The van der Waals surface area contributed by atoms with E-state index in [0.29, 0.717) is 22.5 Å². The molecule has 9 heteroatoms. The van der Waals surface area contributed by atoms with E-state index in [9.17, 15) is 14.4 Å². The first-order valence-electron chi connectivity index (χ1n) is 7.97. The highest BCUT2D eigenvalue weighted by atomic mass is 16.2. The normalized spacial score (nSPS) is 11.5. The van der Waals surface area contributed by atoms with Crippen LogP contribution >= 0.6 is 0 Å². The summed E-state index contributed by atoms with van der Waals surface area (Å²) in [5, 5.41) is 0. The van der Waals surface area contributed by atoms with Gasteiger partial charge >= 0.3 is 5.69 Å². The number of pyridine rings is 1. The summed E-state index contributed by atoms with van der Waals surface area (Å²) >= 11 is 0. The van der Waals surface area contributed by atoms with Crippen LogP contribution in [0.4, 0.5) is 0 Å². The van der Waals surface area contributed by atoms with Crippen LogP contribution in [0.3, 0.4) is 0 Å². The Morgan fingerprint density at radius 2 is 1.85 bits per heavy atom. The van der Waals surface area contributed by atoms with Crippen LogP contribution < -0.4 is 16.8 Å². The summed E-state index contributed by atoms with van der Waals surface area (Å²) in [5.74, 6) is 0. The van der Waals surface area contributed by atoms with Crippen molar-refractivity contribution in [1.29, 1.82) is 0 Å². The van der Waals surface area contributed by atoms with Crippen LogP contribution in [0.25, 0.3) is 16.8 Å². The largest absolute Gasteiger partial charge is 0.332 e. The van der Waals surface area contributed by atoms with Gasteiger partial charge in [-0.05, 0) is 18.6 Å². The summed E-state index contributed by atoms with van der Waals surface area (Å²) in [5.41, 5.74) is 1.48. The van der Waals surface area contributed by atoms with Crippen LogP contribution in [-0.2, 0) is 20.6 Å². The standard InChI is InChI=1S/C17H16N6O3/c1-10-5-4-6-23-12(24)7-11(19-14(10)23)8-22-9-18-15-13(22)16(25)21(3)17(26)20(15)2/h4-7,9H,8H2,1-3H3. The van der Waals surface area contributed by atoms with Crippen molar-refractivity contribution in [2.45, 2.75) is 13.5 Å². The molecule has 0 radical (unpaired) electrons. The van der Waals surface area contributed by atoms with Crippen molar-refractivity contribution in [2.24, 2.45) is 14.1 Å². The quantitative estimate of drug-likeness (QED) is 0.498. The summed E-state index contributed by atoms with van der Waals surface area (Å²) in [7, 11) is 2.98. The highest BCUT2D eigenvalue weighted by Gasteiger charge is 2.15. The molecule has 132 valence electrons. The fourth-order valence-electron chi connectivity index (χ4n) is 3.08. The van der Waals surface area contributed by atoms with Crippen LogP contribution in [0.15, 0.2) is 45.1 Å². The molecule has 0 saturated carbocycles. The molecule has 0 unspecified atom stereocenters. The maximum Gasteiger partial charge on any atom is 0.332 e. The Labute approximate surface area is 146 Å². The fraction of sp³-hybridized carbons (Fsp3) is 0.235. The minimum absolute atomic E-state index is 0.196. The minimum atomic E-state index is -0.439. The van der Waals surface area contributed by atoms with Gasteiger partial charge < -0.3 is 4.57 Å². The Morgan fingerprint density at radius 1 is 1.08 bits per heavy atom. The van der Waals surface area contributed by atoms with Crippen molar-refractivity contribution in [1.82, 2.24) is 28.1 Å². The van der Waals surface area contributed by atoms with Gasteiger partial charge in [0.25, 0.3) is 11.1 Å². The summed E-state index contributed by atoms with van der Waals surface area (Å²) in [6, 6.07) is 5.10. The van der Waals surface area contributed by atoms with Gasteiger partial charge in [0.15, 0.2) is 11.2 Å². The van der Waals surface area contributed by atoms with Crippen molar-refractivity contribution in [3.05, 3.63) is 73.2 Å². The molecule has 9 nitrogen and oxygen atoms in total. The van der Waals surface area contributed by atoms with Crippen LogP contribution in [0.5, 0.6) is 0 Å². The summed E-state index contributed by atoms with van der Waals surface area (Å²) in [6.07, 6.45) is 3.15. The highest BCUT2D eigenvalue weighted by molar-refractivity contribution is 5.70. The second-order valence-corrected chi connectivity index (χ2v) is 6.22. The maximum absolute atomic E-state index is 12.5. The van der Waals surface area contributed by atoms with E-state index in [1.54, 1.807) is 23.9 Å². The molecule has 0 atom stereocenters. The number of nitrogens with zero attached hydrogens (tertiary/aromatic N) is 6. The molecule has 0 spiro atoms. The lowest BCUT2D eigenvalue weighted by Crippen LogP contribution is -2.37. The zero-order chi connectivity index (χ0) is 18.6. The molecule has 0 aromatic carbocycles. The first-order valence-corrected chi connectivity index (χ1v) is 7.97. The third kappa shape index (κ3) is 2.20. The van der Waals surface area contributed by atoms with E-state index >= 15 is 0 Å². The second-order valence-electron chi connectivity index (χ2n) is 6.22. The van der Waals surface area contributed by atoms with Crippen LogP contribution in [0, 0.1) is 6.92 Å². The van der Waals surface area contributed by atoms with Gasteiger partial charge in [0.2, 0.25) is 0 Å². The fourth-order valence-corrected chi connectivity index (χ4v) is 3.08. The van der Waals surface area contributed by atoms with E-state index in [-0.39, 0.29) is 12.1 Å². The molecule has 4 aromatic rings. The summed E-state index contributed by atoms with van der Waals surface area (Å²) in [4.78, 5) is 45.6. The van der Waals surface area contributed by atoms with Crippen molar-refractivity contribution in [3.8, 4) is 0 Å². The van der Waals surface area contributed by atoms with Crippen LogP contribution in [0.1, 0.15) is 11.3 Å². The Balaban J connectivity index is 1.93. The number of hydrogen-bond acceptors (Lipinski definition) is 5. The number of hydrogen-bond donors (Lipinski definition) is 0. The monoisotopic (exact) mass is 352 g/mol. The molecule has 0 amide bonds. The van der Waals surface area contributed by atoms with Gasteiger partial charge in [-0.25, -0.2) is 14.8 Å². The van der Waals surface area contributed by atoms with Gasteiger partial charge in [-0.1, -0.05) is 6.07 Å². The van der Waals surface area contributed by atoms with Gasteiger partial charge in [0.05, 0.1) is 18.6 Å². The average molecular weight is 352 g/mol. The van der Waals surface area contributed by atoms with Crippen molar-refractivity contribution < 1.29 is 0 Å². The molecule has 4 rings (SSSR count).